The van der Waals surface area contributed by atoms with Crippen LogP contribution in [0.1, 0.15) is 55.6 Å². The third kappa shape index (κ3) is 5.86. The van der Waals surface area contributed by atoms with Crippen LogP contribution in [0.4, 0.5) is 0 Å². The lowest BCUT2D eigenvalue weighted by Crippen LogP contribution is -2.46. The second kappa shape index (κ2) is 11.0. The van der Waals surface area contributed by atoms with Gasteiger partial charge in [-0.2, -0.15) is 0 Å². The van der Waals surface area contributed by atoms with Gasteiger partial charge in [-0.05, 0) is 60.9 Å². The Kier molecular flexibility index (Phi) is 7.82. The first kappa shape index (κ1) is 21.4. The van der Waals surface area contributed by atoms with Crippen LogP contribution < -0.4 is 4.74 Å². The van der Waals surface area contributed by atoms with Gasteiger partial charge in [0.2, 0.25) is 0 Å². The minimum absolute atomic E-state index is 0.693. The Labute approximate surface area is 183 Å². The standard InChI is InChI=1S/C27H38N2O/c1-30-26-14-12-25(13-15-26)27(24-10-6-3-7-11-24)16-17-28-18-20-29(21-19-28)22-23-8-4-2-5-9-23/h2,4-5,8-9,12-15,24,27H,3,6-7,10-11,16-22H2,1H3. The Morgan fingerprint density at radius 2 is 1.50 bits per heavy atom. The van der Waals surface area contributed by atoms with Crippen molar-refractivity contribution in [2.24, 2.45) is 5.92 Å². The summed E-state index contributed by atoms with van der Waals surface area (Å²) >= 11 is 0. The fraction of sp³-hybridized carbons (Fsp3) is 0.556. The van der Waals surface area contributed by atoms with E-state index < -0.39 is 0 Å². The number of rotatable bonds is 8. The number of hydrogen-bond donors (Lipinski definition) is 0. The van der Waals surface area contributed by atoms with Gasteiger partial charge in [-0.15, -0.1) is 0 Å². The smallest absolute Gasteiger partial charge is 0.118 e. The van der Waals surface area contributed by atoms with Crippen molar-refractivity contribution >= 4 is 0 Å². The molecule has 30 heavy (non-hydrogen) atoms. The van der Waals surface area contributed by atoms with Crippen molar-refractivity contribution in [3.8, 4) is 5.75 Å². The topological polar surface area (TPSA) is 15.7 Å². The maximum atomic E-state index is 5.39. The summed E-state index contributed by atoms with van der Waals surface area (Å²) in [4.78, 5) is 5.30. The largest absolute Gasteiger partial charge is 0.497 e. The highest BCUT2D eigenvalue weighted by Gasteiger charge is 2.26. The van der Waals surface area contributed by atoms with Crippen LogP contribution >= 0.6 is 0 Å². The normalized spacial score (nSPS) is 20.2. The molecule has 2 aliphatic rings. The first-order valence-corrected chi connectivity index (χ1v) is 11.9. The van der Waals surface area contributed by atoms with Crippen molar-refractivity contribution in [3.63, 3.8) is 0 Å². The highest BCUT2D eigenvalue weighted by molar-refractivity contribution is 5.30. The van der Waals surface area contributed by atoms with Gasteiger partial charge in [-0.1, -0.05) is 61.7 Å². The fourth-order valence-corrected chi connectivity index (χ4v) is 5.40. The van der Waals surface area contributed by atoms with Crippen molar-refractivity contribution in [2.45, 2.75) is 51.0 Å². The molecule has 162 valence electrons. The van der Waals surface area contributed by atoms with Gasteiger partial charge in [0.05, 0.1) is 7.11 Å². The Hall–Kier alpha value is -1.84. The summed E-state index contributed by atoms with van der Waals surface area (Å²) in [6, 6.07) is 19.8. The van der Waals surface area contributed by atoms with Crippen LogP contribution in [0.15, 0.2) is 54.6 Å². The van der Waals surface area contributed by atoms with Crippen LogP contribution in [0.3, 0.4) is 0 Å². The first-order chi connectivity index (χ1) is 14.8. The van der Waals surface area contributed by atoms with Crippen molar-refractivity contribution in [3.05, 3.63) is 65.7 Å². The molecule has 0 bridgehead atoms. The molecule has 2 aromatic rings. The molecule has 0 amide bonds. The zero-order valence-corrected chi connectivity index (χ0v) is 18.6. The average Bonchev–Trinajstić information content (AvgIpc) is 2.82. The third-order valence-electron chi connectivity index (χ3n) is 7.23. The quantitative estimate of drug-likeness (QED) is 0.570. The van der Waals surface area contributed by atoms with Gasteiger partial charge in [-0.25, -0.2) is 0 Å². The van der Waals surface area contributed by atoms with Gasteiger partial charge in [0.15, 0.2) is 0 Å². The van der Waals surface area contributed by atoms with Gasteiger partial charge < -0.3 is 9.64 Å². The molecule has 3 nitrogen and oxygen atoms in total. The van der Waals surface area contributed by atoms with Gasteiger partial charge >= 0.3 is 0 Å². The molecule has 1 unspecified atom stereocenters. The minimum Gasteiger partial charge on any atom is -0.497 e. The molecular formula is C27H38N2O. The number of ether oxygens (including phenoxy) is 1. The van der Waals surface area contributed by atoms with Gasteiger partial charge in [0.25, 0.3) is 0 Å². The van der Waals surface area contributed by atoms with E-state index in [1.165, 1.54) is 82.4 Å². The fourth-order valence-electron chi connectivity index (χ4n) is 5.40. The van der Waals surface area contributed by atoms with E-state index in [4.69, 9.17) is 4.74 Å². The second-order valence-corrected chi connectivity index (χ2v) is 9.17. The molecule has 4 rings (SSSR count). The highest BCUT2D eigenvalue weighted by atomic mass is 16.5. The number of benzene rings is 2. The van der Waals surface area contributed by atoms with Crippen molar-refractivity contribution in [1.82, 2.24) is 9.80 Å². The molecule has 0 aromatic heterocycles. The summed E-state index contributed by atoms with van der Waals surface area (Å²) < 4.78 is 5.39. The molecule has 3 heteroatoms. The molecule has 1 saturated carbocycles. The van der Waals surface area contributed by atoms with Gasteiger partial charge in [0.1, 0.15) is 5.75 Å². The van der Waals surface area contributed by atoms with Crippen LogP contribution in [0, 0.1) is 5.92 Å². The number of piperazine rings is 1. The number of hydrogen-bond acceptors (Lipinski definition) is 3. The maximum absolute atomic E-state index is 5.39. The van der Waals surface area contributed by atoms with Gasteiger partial charge in [0, 0.05) is 32.7 Å². The lowest BCUT2D eigenvalue weighted by atomic mass is 9.75. The van der Waals surface area contributed by atoms with Crippen LogP contribution in [0.2, 0.25) is 0 Å². The molecule has 2 aromatic carbocycles. The van der Waals surface area contributed by atoms with E-state index in [2.05, 4.69) is 64.4 Å². The molecular weight excluding hydrogens is 368 g/mol. The molecule has 1 atom stereocenters. The van der Waals surface area contributed by atoms with Crippen molar-refractivity contribution in [1.29, 1.82) is 0 Å². The van der Waals surface area contributed by atoms with E-state index in [1.54, 1.807) is 7.11 Å². The predicted molar refractivity (Wildman–Crippen MR) is 125 cm³/mol. The van der Waals surface area contributed by atoms with E-state index in [0.29, 0.717) is 5.92 Å². The molecule has 0 spiro atoms. The zero-order chi connectivity index (χ0) is 20.6. The first-order valence-electron chi connectivity index (χ1n) is 11.9. The summed E-state index contributed by atoms with van der Waals surface area (Å²) in [6.07, 6.45) is 8.35. The van der Waals surface area contributed by atoms with Crippen molar-refractivity contribution < 1.29 is 4.74 Å². The number of methoxy groups -OCH3 is 1. The van der Waals surface area contributed by atoms with E-state index in [9.17, 15) is 0 Å². The Bertz CT molecular complexity index is 731. The summed E-state index contributed by atoms with van der Waals surface area (Å²) in [5.41, 5.74) is 2.95. The zero-order valence-electron chi connectivity index (χ0n) is 18.6. The Balaban J connectivity index is 1.31. The van der Waals surface area contributed by atoms with E-state index in [0.717, 1.165) is 18.2 Å². The van der Waals surface area contributed by atoms with Crippen molar-refractivity contribution in [2.75, 3.05) is 39.8 Å². The SMILES string of the molecule is COc1ccc(C(CCN2CCN(Cc3ccccc3)CC2)C2CCCCC2)cc1. The molecule has 1 heterocycles. The van der Waals surface area contributed by atoms with Crippen LogP contribution in [-0.4, -0.2) is 49.6 Å². The molecule has 0 radical (unpaired) electrons. The lowest BCUT2D eigenvalue weighted by molar-refractivity contribution is 0.120. The lowest BCUT2D eigenvalue weighted by Gasteiger charge is -2.37. The number of nitrogens with zero attached hydrogens (tertiary/aromatic N) is 2. The molecule has 2 fully saturated rings. The summed E-state index contributed by atoms with van der Waals surface area (Å²) in [6.45, 7) is 7.09. The van der Waals surface area contributed by atoms with E-state index in [-0.39, 0.29) is 0 Å². The van der Waals surface area contributed by atoms with Crippen LogP contribution in [0.5, 0.6) is 5.75 Å². The van der Waals surface area contributed by atoms with E-state index in [1.807, 2.05) is 0 Å². The summed E-state index contributed by atoms with van der Waals surface area (Å²) in [7, 11) is 1.76. The van der Waals surface area contributed by atoms with Gasteiger partial charge in [-0.3, -0.25) is 4.90 Å². The monoisotopic (exact) mass is 406 g/mol. The molecule has 1 saturated heterocycles. The van der Waals surface area contributed by atoms with Crippen LogP contribution in [0.25, 0.3) is 0 Å². The molecule has 1 aliphatic heterocycles. The average molecular weight is 407 g/mol. The third-order valence-corrected chi connectivity index (χ3v) is 7.23. The summed E-state index contributed by atoms with van der Waals surface area (Å²) in [5, 5.41) is 0. The molecule has 0 N–H and O–H groups in total. The maximum Gasteiger partial charge on any atom is 0.118 e. The Morgan fingerprint density at radius 1 is 0.833 bits per heavy atom. The summed E-state index contributed by atoms with van der Waals surface area (Å²) in [5.74, 6) is 2.51. The second-order valence-electron chi connectivity index (χ2n) is 9.17. The molecule has 1 aliphatic carbocycles. The van der Waals surface area contributed by atoms with E-state index >= 15 is 0 Å². The Morgan fingerprint density at radius 3 is 2.17 bits per heavy atom. The highest BCUT2D eigenvalue weighted by Crippen LogP contribution is 2.38. The minimum atomic E-state index is 0.693. The predicted octanol–water partition coefficient (Wildman–Crippen LogP) is 5.57. The van der Waals surface area contributed by atoms with Crippen LogP contribution in [-0.2, 0) is 6.54 Å².